The number of alkyl halides is 3. The van der Waals surface area contributed by atoms with Crippen molar-refractivity contribution >= 4 is 5.71 Å². The molecule has 16 heavy (non-hydrogen) atoms. The van der Waals surface area contributed by atoms with Gasteiger partial charge in [0.1, 0.15) is 11.8 Å². The first-order chi connectivity index (χ1) is 7.31. The summed E-state index contributed by atoms with van der Waals surface area (Å²) in [5, 5.41) is 8.62. The van der Waals surface area contributed by atoms with Crippen LogP contribution >= 0.6 is 0 Å². The van der Waals surface area contributed by atoms with Gasteiger partial charge in [-0.1, -0.05) is 19.9 Å². The summed E-state index contributed by atoms with van der Waals surface area (Å²) >= 11 is 0. The maximum Gasteiger partial charge on any atom is 0.415 e. The minimum Gasteiger partial charge on any atom is -0.247 e. The Morgan fingerprint density at radius 2 is 2.06 bits per heavy atom. The Balaban J connectivity index is 4.90. The van der Waals surface area contributed by atoms with E-state index in [0.717, 1.165) is 6.42 Å². The lowest BCUT2D eigenvalue weighted by molar-refractivity contribution is -0.0878. The Hall–Kier alpha value is -1.57. The number of allylic oxidation sites excluding steroid dienone is 3. The predicted molar refractivity (Wildman–Crippen MR) is 56.9 cm³/mol. The van der Waals surface area contributed by atoms with Crippen molar-refractivity contribution in [1.29, 1.82) is 5.26 Å². The van der Waals surface area contributed by atoms with Crippen molar-refractivity contribution in [3.8, 4) is 6.07 Å². The van der Waals surface area contributed by atoms with E-state index in [1.807, 2.05) is 6.92 Å². The van der Waals surface area contributed by atoms with Crippen molar-refractivity contribution in [3.63, 3.8) is 0 Å². The van der Waals surface area contributed by atoms with Crippen LogP contribution in [-0.4, -0.2) is 11.9 Å². The monoisotopic (exact) mass is 230 g/mol. The molecule has 0 spiro atoms. The van der Waals surface area contributed by atoms with Crippen molar-refractivity contribution in [2.45, 2.75) is 32.9 Å². The fraction of sp³-hybridized carbons (Fsp3) is 0.455. The van der Waals surface area contributed by atoms with Gasteiger partial charge in [-0.2, -0.15) is 18.4 Å². The molecule has 0 aromatic rings. The summed E-state index contributed by atoms with van der Waals surface area (Å²) in [5.74, 6) is 0. The van der Waals surface area contributed by atoms with E-state index in [0.29, 0.717) is 18.2 Å². The standard InChI is InChI=1S/C11H13F3N2/c1-4-5-9(3)16-10(7-15)6-8(2)11(12,13)14/h6H,2,4-5H2,1,3H3/b10-6-,16-9?. The van der Waals surface area contributed by atoms with E-state index in [2.05, 4.69) is 11.6 Å². The van der Waals surface area contributed by atoms with Crippen molar-refractivity contribution in [2.24, 2.45) is 4.99 Å². The van der Waals surface area contributed by atoms with Gasteiger partial charge >= 0.3 is 6.18 Å². The van der Waals surface area contributed by atoms with E-state index in [9.17, 15) is 13.2 Å². The van der Waals surface area contributed by atoms with Gasteiger partial charge in [-0.15, -0.1) is 0 Å². The van der Waals surface area contributed by atoms with Crippen LogP contribution < -0.4 is 0 Å². The Bertz CT molecular complexity index is 356. The third-order valence-corrected chi connectivity index (χ3v) is 1.71. The van der Waals surface area contributed by atoms with Crippen LogP contribution in [0.3, 0.4) is 0 Å². The molecule has 0 aromatic carbocycles. The van der Waals surface area contributed by atoms with Gasteiger partial charge in [0.2, 0.25) is 0 Å². The molecule has 2 nitrogen and oxygen atoms in total. The second kappa shape index (κ2) is 6.11. The molecule has 0 aliphatic rings. The molecule has 0 aliphatic carbocycles. The lowest BCUT2D eigenvalue weighted by Gasteiger charge is -2.05. The Kier molecular flexibility index (Phi) is 5.51. The molecule has 0 atom stereocenters. The smallest absolute Gasteiger partial charge is 0.247 e. The predicted octanol–water partition coefficient (Wildman–Crippen LogP) is 3.77. The zero-order valence-corrected chi connectivity index (χ0v) is 9.23. The summed E-state index contributed by atoms with van der Waals surface area (Å²) in [4.78, 5) is 3.79. The third kappa shape index (κ3) is 5.35. The second-order valence-electron chi connectivity index (χ2n) is 3.26. The van der Waals surface area contributed by atoms with Gasteiger partial charge in [-0.25, -0.2) is 4.99 Å². The number of hydrogen-bond donors (Lipinski definition) is 0. The molecule has 0 unspecified atom stereocenters. The highest BCUT2D eigenvalue weighted by Crippen LogP contribution is 2.25. The average molecular weight is 230 g/mol. The molecular formula is C11H13F3N2. The zero-order valence-electron chi connectivity index (χ0n) is 9.23. The highest BCUT2D eigenvalue weighted by Gasteiger charge is 2.30. The highest BCUT2D eigenvalue weighted by atomic mass is 19.4. The number of halogens is 3. The summed E-state index contributed by atoms with van der Waals surface area (Å²) in [6, 6.07) is 1.61. The van der Waals surface area contributed by atoms with E-state index in [-0.39, 0.29) is 5.70 Å². The summed E-state index contributed by atoms with van der Waals surface area (Å²) < 4.78 is 36.4. The van der Waals surface area contributed by atoms with Crippen LogP contribution in [0.4, 0.5) is 13.2 Å². The summed E-state index contributed by atoms with van der Waals surface area (Å²) in [7, 11) is 0. The molecule has 0 rings (SSSR count). The van der Waals surface area contributed by atoms with Crippen LogP contribution in [0.5, 0.6) is 0 Å². The fourth-order valence-corrected chi connectivity index (χ4v) is 0.960. The molecule has 0 aliphatic heterocycles. The summed E-state index contributed by atoms with van der Waals surface area (Å²) in [5.41, 5.74) is -0.712. The van der Waals surface area contributed by atoms with Gasteiger partial charge in [-0.05, 0) is 19.4 Å². The van der Waals surface area contributed by atoms with Crippen LogP contribution in [0.1, 0.15) is 26.7 Å². The maximum absolute atomic E-state index is 12.1. The minimum absolute atomic E-state index is 0.270. The fourth-order valence-electron chi connectivity index (χ4n) is 0.960. The molecule has 0 saturated carbocycles. The van der Waals surface area contributed by atoms with Crippen LogP contribution in [0, 0.1) is 11.3 Å². The normalized spacial score (nSPS) is 13.5. The highest BCUT2D eigenvalue weighted by molar-refractivity contribution is 5.83. The zero-order chi connectivity index (χ0) is 12.8. The lowest BCUT2D eigenvalue weighted by Crippen LogP contribution is -2.09. The second-order valence-corrected chi connectivity index (χ2v) is 3.26. The first-order valence-electron chi connectivity index (χ1n) is 4.73. The Morgan fingerprint density at radius 1 is 1.50 bits per heavy atom. The molecule has 0 bridgehead atoms. The molecule has 5 heteroatoms. The molecule has 0 heterocycles. The molecule has 0 radical (unpaired) electrons. The first kappa shape index (κ1) is 14.4. The van der Waals surface area contributed by atoms with E-state index >= 15 is 0 Å². The van der Waals surface area contributed by atoms with Gasteiger partial charge < -0.3 is 0 Å². The van der Waals surface area contributed by atoms with Crippen molar-refractivity contribution in [3.05, 3.63) is 23.9 Å². The van der Waals surface area contributed by atoms with Gasteiger partial charge in [0.25, 0.3) is 0 Å². The van der Waals surface area contributed by atoms with Crippen molar-refractivity contribution in [1.82, 2.24) is 0 Å². The first-order valence-corrected chi connectivity index (χ1v) is 4.73. The molecule has 0 amide bonds. The van der Waals surface area contributed by atoms with Gasteiger partial charge in [-0.3, -0.25) is 0 Å². The van der Waals surface area contributed by atoms with Crippen LogP contribution in [0.15, 0.2) is 28.9 Å². The lowest BCUT2D eigenvalue weighted by atomic mass is 10.2. The van der Waals surface area contributed by atoms with Crippen LogP contribution in [0.25, 0.3) is 0 Å². The SMILES string of the molecule is C=C(/C=C(/C#N)N=C(C)CCC)C(F)(F)F. The van der Waals surface area contributed by atoms with Crippen molar-refractivity contribution in [2.75, 3.05) is 0 Å². The molecule has 0 N–H and O–H groups in total. The van der Waals surface area contributed by atoms with Gasteiger partial charge in [0, 0.05) is 5.71 Å². The largest absolute Gasteiger partial charge is 0.415 e. The van der Waals surface area contributed by atoms with E-state index in [1.165, 1.54) is 0 Å². The topological polar surface area (TPSA) is 36.1 Å². The molecule has 0 saturated heterocycles. The van der Waals surface area contributed by atoms with Crippen molar-refractivity contribution < 1.29 is 13.2 Å². The van der Waals surface area contributed by atoms with Gasteiger partial charge in [0.05, 0.1) is 5.57 Å². The average Bonchev–Trinajstić information content (AvgIpc) is 2.15. The van der Waals surface area contributed by atoms with E-state index < -0.39 is 11.7 Å². The number of nitriles is 1. The molecular weight excluding hydrogens is 217 g/mol. The minimum atomic E-state index is -4.52. The maximum atomic E-state index is 12.1. The number of aliphatic imine (C=N–C) groups is 1. The van der Waals surface area contributed by atoms with Crippen LogP contribution in [0.2, 0.25) is 0 Å². The van der Waals surface area contributed by atoms with E-state index in [4.69, 9.17) is 5.26 Å². The number of hydrogen-bond acceptors (Lipinski definition) is 2. The molecule has 0 fully saturated rings. The molecule has 0 aromatic heterocycles. The Labute approximate surface area is 92.8 Å². The van der Waals surface area contributed by atoms with E-state index in [1.54, 1.807) is 13.0 Å². The number of nitrogens with zero attached hydrogens (tertiary/aromatic N) is 2. The molecule has 88 valence electrons. The number of rotatable bonds is 4. The Morgan fingerprint density at radius 3 is 2.44 bits per heavy atom. The summed E-state index contributed by atoms with van der Waals surface area (Å²) in [6.07, 6.45) is -2.39. The quantitative estimate of drug-likeness (QED) is 0.411. The van der Waals surface area contributed by atoms with Gasteiger partial charge in [0.15, 0.2) is 0 Å². The van der Waals surface area contributed by atoms with Crippen LogP contribution in [-0.2, 0) is 0 Å². The third-order valence-electron chi connectivity index (χ3n) is 1.71. The summed E-state index contributed by atoms with van der Waals surface area (Å²) in [6.45, 7) is 6.44.